The lowest BCUT2D eigenvalue weighted by Gasteiger charge is -2.31. The van der Waals surface area contributed by atoms with E-state index in [9.17, 15) is 18.0 Å². The van der Waals surface area contributed by atoms with Crippen LogP contribution >= 0.6 is 11.8 Å². The molecule has 122 valence electrons. The number of rotatable bonds is 4. The molecule has 1 amide bonds. The van der Waals surface area contributed by atoms with Gasteiger partial charge in [0.1, 0.15) is 0 Å². The molecule has 1 heterocycles. The maximum atomic E-state index is 12.4. The van der Waals surface area contributed by atoms with E-state index in [-0.39, 0.29) is 11.7 Å². The van der Waals surface area contributed by atoms with Gasteiger partial charge in [-0.1, -0.05) is 31.0 Å². The molecule has 3 nitrogen and oxygen atoms in total. The molecule has 7 heteroatoms. The van der Waals surface area contributed by atoms with Gasteiger partial charge >= 0.3 is 6.18 Å². The Bertz CT molecular complexity index is 499. The van der Waals surface area contributed by atoms with Gasteiger partial charge in [-0.25, -0.2) is 4.98 Å². The zero-order chi connectivity index (χ0) is 16.2. The number of hydrogen-bond acceptors (Lipinski definition) is 3. The third-order valence-corrected chi connectivity index (χ3v) is 4.85. The molecule has 1 fully saturated rings. The second-order valence-corrected chi connectivity index (χ2v) is 6.46. The highest BCUT2D eigenvalue weighted by Crippen LogP contribution is 2.29. The normalized spacial score (nSPS) is 16.5. The summed E-state index contributed by atoms with van der Waals surface area (Å²) in [6.07, 6.45) is 2.01. The summed E-state index contributed by atoms with van der Waals surface area (Å²) >= 11 is 1.17. The number of halogens is 3. The molecule has 0 unspecified atom stereocenters. The number of pyridine rings is 1. The Hall–Kier alpha value is -1.24. The van der Waals surface area contributed by atoms with Crippen molar-refractivity contribution < 1.29 is 18.0 Å². The molecule has 22 heavy (non-hydrogen) atoms. The largest absolute Gasteiger partial charge is 0.417 e. The summed E-state index contributed by atoms with van der Waals surface area (Å²) in [5.74, 6) is 0.198. The van der Waals surface area contributed by atoms with Crippen molar-refractivity contribution >= 4 is 17.7 Å². The summed E-state index contributed by atoms with van der Waals surface area (Å²) in [4.78, 5) is 17.7. The third-order valence-electron chi connectivity index (χ3n) is 3.92. The monoisotopic (exact) mass is 332 g/mol. The predicted octanol–water partition coefficient (Wildman–Crippen LogP) is 3.98. The summed E-state index contributed by atoms with van der Waals surface area (Å²) in [7, 11) is 1.80. The van der Waals surface area contributed by atoms with Gasteiger partial charge in [0.15, 0.2) is 0 Å². The highest BCUT2D eigenvalue weighted by molar-refractivity contribution is 7.99. The summed E-state index contributed by atoms with van der Waals surface area (Å²) in [5.41, 5.74) is -0.775. The fraction of sp³-hybridized carbons (Fsp3) is 0.600. The lowest BCUT2D eigenvalue weighted by atomic mass is 9.94. The van der Waals surface area contributed by atoms with Gasteiger partial charge in [0, 0.05) is 19.3 Å². The Morgan fingerprint density at radius 2 is 2.00 bits per heavy atom. The van der Waals surface area contributed by atoms with Crippen molar-refractivity contribution in [3.8, 4) is 0 Å². The fourth-order valence-electron chi connectivity index (χ4n) is 2.54. The Balaban J connectivity index is 1.85. The van der Waals surface area contributed by atoms with Gasteiger partial charge in [-0.2, -0.15) is 13.2 Å². The van der Waals surface area contributed by atoms with Gasteiger partial charge in [-0.3, -0.25) is 4.79 Å². The molecule has 0 N–H and O–H groups in total. The van der Waals surface area contributed by atoms with E-state index in [4.69, 9.17) is 0 Å². The third kappa shape index (κ3) is 4.63. The average molecular weight is 332 g/mol. The molecule has 1 aromatic rings. The number of nitrogens with zero attached hydrogens (tertiary/aromatic N) is 2. The van der Waals surface area contributed by atoms with Crippen molar-refractivity contribution in [1.29, 1.82) is 0 Å². The van der Waals surface area contributed by atoms with Gasteiger partial charge in [-0.15, -0.1) is 0 Å². The molecule has 0 aromatic carbocycles. The summed E-state index contributed by atoms with van der Waals surface area (Å²) in [5, 5.41) is 0.429. The van der Waals surface area contributed by atoms with E-state index in [1.165, 1.54) is 24.2 Å². The zero-order valence-electron chi connectivity index (χ0n) is 12.4. The molecule has 0 atom stereocenters. The molecule has 1 aliphatic carbocycles. The van der Waals surface area contributed by atoms with Crippen LogP contribution in [0.5, 0.6) is 0 Å². The molecule has 0 radical (unpaired) electrons. The molecular weight excluding hydrogens is 313 g/mol. The number of hydrogen-bond donors (Lipinski definition) is 0. The van der Waals surface area contributed by atoms with E-state index >= 15 is 0 Å². The Kier molecular flexibility index (Phi) is 5.72. The first-order valence-electron chi connectivity index (χ1n) is 7.29. The van der Waals surface area contributed by atoms with Gasteiger partial charge in [-0.05, 0) is 25.0 Å². The average Bonchev–Trinajstić information content (AvgIpc) is 2.52. The van der Waals surface area contributed by atoms with Crippen molar-refractivity contribution in [1.82, 2.24) is 9.88 Å². The highest BCUT2D eigenvalue weighted by Gasteiger charge is 2.30. The van der Waals surface area contributed by atoms with E-state index in [1.807, 2.05) is 0 Å². The van der Waals surface area contributed by atoms with E-state index in [2.05, 4.69) is 4.98 Å². The summed E-state index contributed by atoms with van der Waals surface area (Å²) in [6, 6.07) is 2.59. The van der Waals surface area contributed by atoms with Crippen molar-refractivity contribution in [2.45, 2.75) is 49.3 Å². The predicted molar refractivity (Wildman–Crippen MR) is 79.6 cm³/mol. The number of carbonyl (C=O) groups excluding carboxylic acids is 1. The lowest BCUT2D eigenvalue weighted by Crippen LogP contribution is -2.39. The van der Waals surface area contributed by atoms with Crippen molar-refractivity contribution in [3.05, 3.63) is 23.9 Å². The number of amides is 1. The lowest BCUT2D eigenvalue weighted by molar-refractivity contribution is -0.138. The quantitative estimate of drug-likeness (QED) is 0.782. The highest BCUT2D eigenvalue weighted by atomic mass is 32.2. The molecule has 0 bridgehead atoms. The minimum Gasteiger partial charge on any atom is -0.342 e. The maximum absolute atomic E-state index is 12.4. The second-order valence-electron chi connectivity index (χ2n) is 5.47. The Labute approximate surface area is 132 Å². The first kappa shape index (κ1) is 17.1. The van der Waals surface area contributed by atoms with E-state index in [0.717, 1.165) is 37.9 Å². The van der Waals surface area contributed by atoms with Crippen LogP contribution in [0.15, 0.2) is 23.4 Å². The number of alkyl halides is 3. The van der Waals surface area contributed by atoms with Crippen molar-refractivity contribution in [3.63, 3.8) is 0 Å². The van der Waals surface area contributed by atoms with Crippen LogP contribution in [0.3, 0.4) is 0 Å². The minimum absolute atomic E-state index is 0.00130. The molecule has 2 rings (SSSR count). The van der Waals surface area contributed by atoms with E-state index < -0.39 is 11.7 Å². The van der Waals surface area contributed by atoms with Crippen LogP contribution in [0, 0.1) is 0 Å². The number of carbonyl (C=O) groups is 1. The number of aromatic nitrogens is 1. The number of thioether (sulfide) groups is 1. The molecule has 1 saturated carbocycles. The first-order chi connectivity index (χ1) is 10.4. The van der Waals surface area contributed by atoms with Gasteiger partial charge in [0.2, 0.25) is 5.91 Å². The standard InChI is InChI=1S/C15H19F3N2OS/c1-20(12-5-3-2-4-6-12)14(21)10-22-13-8-7-11(9-19-13)15(16,17)18/h7-9,12H,2-6,10H2,1H3. The van der Waals surface area contributed by atoms with Crippen molar-refractivity contribution in [2.24, 2.45) is 0 Å². The van der Waals surface area contributed by atoms with Gasteiger partial charge < -0.3 is 4.90 Å². The smallest absolute Gasteiger partial charge is 0.342 e. The molecule has 0 spiro atoms. The zero-order valence-corrected chi connectivity index (χ0v) is 13.2. The van der Waals surface area contributed by atoms with E-state index in [1.54, 1.807) is 11.9 Å². The summed E-state index contributed by atoms with van der Waals surface area (Å²) < 4.78 is 37.3. The van der Waals surface area contributed by atoms with Crippen LogP contribution in [-0.4, -0.2) is 34.6 Å². The van der Waals surface area contributed by atoms with Crippen LogP contribution < -0.4 is 0 Å². The Morgan fingerprint density at radius 3 is 2.55 bits per heavy atom. The fourth-order valence-corrected chi connectivity index (χ4v) is 3.31. The van der Waals surface area contributed by atoms with Gasteiger partial charge in [0.05, 0.1) is 16.3 Å². The van der Waals surface area contributed by atoms with Crippen LogP contribution in [0.2, 0.25) is 0 Å². The molecule has 0 saturated heterocycles. The SMILES string of the molecule is CN(C(=O)CSc1ccc(C(F)(F)F)cn1)C1CCCCC1. The van der Waals surface area contributed by atoms with Gasteiger partial charge in [0.25, 0.3) is 0 Å². The second kappa shape index (κ2) is 7.35. The van der Waals surface area contributed by atoms with Crippen LogP contribution in [0.1, 0.15) is 37.7 Å². The molecular formula is C15H19F3N2OS. The first-order valence-corrected chi connectivity index (χ1v) is 8.28. The Morgan fingerprint density at radius 1 is 1.32 bits per heavy atom. The summed E-state index contributed by atoms with van der Waals surface area (Å²) in [6.45, 7) is 0. The maximum Gasteiger partial charge on any atom is 0.417 e. The van der Waals surface area contributed by atoms with Crippen molar-refractivity contribution in [2.75, 3.05) is 12.8 Å². The van der Waals surface area contributed by atoms with E-state index in [0.29, 0.717) is 11.1 Å². The molecule has 0 aliphatic heterocycles. The minimum atomic E-state index is -4.38. The topological polar surface area (TPSA) is 33.2 Å². The van der Waals surface area contributed by atoms with Crippen LogP contribution in [0.25, 0.3) is 0 Å². The molecule has 1 aromatic heterocycles. The molecule has 1 aliphatic rings. The van der Waals surface area contributed by atoms with Crippen LogP contribution in [0.4, 0.5) is 13.2 Å². The van der Waals surface area contributed by atoms with Crippen LogP contribution in [-0.2, 0) is 11.0 Å².